The Balaban J connectivity index is 2.08. The average molecular weight is 250 g/mol. The van der Waals surface area contributed by atoms with Gasteiger partial charge in [-0.2, -0.15) is 0 Å². The molecule has 2 rings (SSSR count). The molecular weight excluding hydrogens is 231 g/mol. The molecular formula is C14H19FN2O. The van der Waals surface area contributed by atoms with E-state index in [1.807, 2.05) is 13.0 Å². The number of benzene rings is 1. The molecule has 0 aliphatic carbocycles. The third-order valence-electron chi connectivity index (χ3n) is 3.59. The number of nitrogens with two attached hydrogens (primary N) is 1. The van der Waals surface area contributed by atoms with Crippen LogP contribution in [0.4, 0.5) is 4.39 Å². The summed E-state index contributed by atoms with van der Waals surface area (Å²) >= 11 is 0. The zero-order valence-corrected chi connectivity index (χ0v) is 10.6. The molecule has 2 N–H and O–H groups in total. The van der Waals surface area contributed by atoms with Crippen molar-refractivity contribution in [2.24, 2.45) is 5.73 Å². The lowest BCUT2D eigenvalue weighted by Crippen LogP contribution is -2.49. The van der Waals surface area contributed by atoms with Crippen LogP contribution < -0.4 is 5.73 Å². The first kappa shape index (κ1) is 13.0. The molecule has 3 nitrogen and oxygen atoms in total. The molecule has 0 spiro atoms. The number of hydrogen-bond acceptors (Lipinski definition) is 2. The van der Waals surface area contributed by atoms with Gasteiger partial charge >= 0.3 is 0 Å². The summed E-state index contributed by atoms with van der Waals surface area (Å²) in [5.41, 5.74) is 7.06. The van der Waals surface area contributed by atoms with E-state index in [4.69, 9.17) is 5.73 Å². The second-order valence-corrected chi connectivity index (χ2v) is 4.81. The van der Waals surface area contributed by atoms with Crippen LogP contribution in [0.25, 0.3) is 0 Å². The predicted molar refractivity (Wildman–Crippen MR) is 68.6 cm³/mol. The summed E-state index contributed by atoms with van der Waals surface area (Å²) in [6.07, 6.45) is 1.31. The van der Waals surface area contributed by atoms with E-state index < -0.39 is 0 Å². The minimum atomic E-state index is -0.230. The number of hydrogen-bond donors (Lipinski definition) is 1. The highest BCUT2D eigenvalue weighted by molar-refractivity contribution is 5.76. The third kappa shape index (κ3) is 2.70. The topological polar surface area (TPSA) is 46.3 Å². The first-order valence-electron chi connectivity index (χ1n) is 6.40. The smallest absolute Gasteiger partial charge is 0.222 e. The SMILES string of the molecule is CCC(=O)N1CCC(c2cccc(F)c2)C(N)C1. The molecule has 1 heterocycles. The van der Waals surface area contributed by atoms with E-state index in [1.54, 1.807) is 17.0 Å². The molecule has 2 unspecified atom stereocenters. The molecule has 2 atom stereocenters. The standard InChI is InChI=1S/C14H19FN2O/c1-2-14(18)17-7-6-12(13(16)9-17)10-4-3-5-11(15)8-10/h3-5,8,12-13H,2,6-7,9,16H2,1H3. The van der Waals surface area contributed by atoms with Gasteiger partial charge < -0.3 is 10.6 Å². The Kier molecular flexibility index (Phi) is 3.97. The van der Waals surface area contributed by atoms with Crippen LogP contribution in [0.2, 0.25) is 0 Å². The number of likely N-dealkylation sites (tertiary alicyclic amines) is 1. The van der Waals surface area contributed by atoms with Gasteiger partial charge in [-0.1, -0.05) is 19.1 Å². The minimum absolute atomic E-state index is 0.115. The van der Waals surface area contributed by atoms with Crippen molar-refractivity contribution in [3.8, 4) is 0 Å². The van der Waals surface area contributed by atoms with Gasteiger partial charge in [-0.3, -0.25) is 4.79 Å². The molecule has 0 saturated carbocycles. The number of amides is 1. The zero-order valence-electron chi connectivity index (χ0n) is 10.6. The lowest BCUT2D eigenvalue weighted by molar-refractivity contribution is -0.132. The zero-order chi connectivity index (χ0) is 13.1. The number of piperidine rings is 1. The minimum Gasteiger partial charge on any atom is -0.341 e. The molecule has 18 heavy (non-hydrogen) atoms. The molecule has 0 bridgehead atoms. The summed E-state index contributed by atoms with van der Waals surface area (Å²) in [5, 5.41) is 0. The number of carbonyl (C=O) groups is 1. The fourth-order valence-electron chi connectivity index (χ4n) is 2.58. The Morgan fingerprint density at radius 2 is 2.33 bits per heavy atom. The summed E-state index contributed by atoms with van der Waals surface area (Å²) in [5.74, 6) is 0.0523. The lowest BCUT2D eigenvalue weighted by Gasteiger charge is -2.37. The highest BCUT2D eigenvalue weighted by Gasteiger charge is 2.29. The monoisotopic (exact) mass is 250 g/mol. The molecule has 0 radical (unpaired) electrons. The van der Waals surface area contributed by atoms with Crippen LogP contribution in [0.15, 0.2) is 24.3 Å². The van der Waals surface area contributed by atoms with Crippen molar-refractivity contribution in [3.63, 3.8) is 0 Å². The molecule has 0 aromatic heterocycles. The number of halogens is 1. The van der Waals surface area contributed by atoms with Crippen LogP contribution in [0.3, 0.4) is 0 Å². The summed E-state index contributed by atoms with van der Waals surface area (Å²) in [7, 11) is 0. The molecule has 1 aliphatic rings. The van der Waals surface area contributed by atoms with Gasteiger partial charge in [-0.15, -0.1) is 0 Å². The van der Waals surface area contributed by atoms with Gasteiger partial charge in [0, 0.05) is 31.5 Å². The molecule has 1 amide bonds. The van der Waals surface area contributed by atoms with Crippen LogP contribution >= 0.6 is 0 Å². The van der Waals surface area contributed by atoms with Crippen molar-refractivity contribution >= 4 is 5.91 Å². The molecule has 1 aromatic carbocycles. The fraction of sp³-hybridized carbons (Fsp3) is 0.500. The lowest BCUT2D eigenvalue weighted by atomic mass is 9.85. The van der Waals surface area contributed by atoms with Gasteiger partial charge in [-0.05, 0) is 24.1 Å². The van der Waals surface area contributed by atoms with Crippen LogP contribution in [-0.4, -0.2) is 29.9 Å². The number of carbonyl (C=O) groups excluding carboxylic acids is 1. The predicted octanol–water partition coefficient (Wildman–Crippen LogP) is 1.88. The van der Waals surface area contributed by atoms with Gasteiger partial charge in [0.25, 0.3) is 0 Å². The largest absolute Gasteiger partial charge is 0.341 e. The van der Waals surface area contributed by atoms with E-state index in [0.717, 1.165) is 12.0 Å². The van der Waals surface area contributed by atoms with Gasteiger partial charge in [0.2, 0.25) is 5.91 Å². The van der Waals surface area contributed by atoms with Crippen molar-refractivity contribution in [2.75, 3.05) is 13.1 Å². The van der Waals surface area contributed by atoms with E-state index >= 15 is 0 Å². The second kappa shape index (κ2) is 5.48. The molecule has 4 heteroatoms. The normalized spacial score (nSPS) is 24.1. The van der Waals surface area contributed by atoms with Gasteiger partial charge in [0.1, 0.15) is 5.82 Å². The Morgan fingerprint density at radius 3 is 2.94 bits per heavy atom. The Bertz CT molecular complexity index is 436. The fourth-order valence-corrected chi connectivity index (χ4v) is 2.58. The Hall–Kier alpha value is -1.42. The van der Waals surface area contributed by atoms with Crippen molar-refractivity contribution in [1.29, 1.82) is 0 Å². The summed E-state index contributed by atoms with van der Waals surface area (Å²) < 4.78 is 13.2. The Labute approximate surface area is 107 Å². The van der Waals surface area contributed by atoms with Gasteiger partial charge in [0.15, 0.2) is 0 Å². The summed E-state index contributed by atoms with van der Waals surface area (Å²) in [4.78, 5) is 13.4. The van der Waals surface area contributed by atoms with E-state index in [1.165, 1.54) is 6.07 Å². The number of rotatable bonds is 2. The van der Waals surface area contributed by atoms with Crippen molar-refractivity contribution < 1.29 is 9.18 Å². The first-order chi connectivity index (χ1) is 8.61. The quantitative estimate of drug-likeness (QED) is 0.871. The van der Waals surface area contributed by atoms with E-state index in [2.05, 4.69) is 0 Å². The van der Waals surface area contributed by atoms with E-state index in [0.29, 0.717) is 19.5 Å². The van der Waals surface area contributed by atoms with Crippen LogP contribution in [0, 0.1) is 5.82 Å². The van der Waals surface area contributed by atoms with Crippen LogP contribution in [-0.2, 0) is 4.79 Å². The maximum absolute atomic E-state index is 13.2. The van der Waals surface area contributed by atoms with Gasteiger partial charge in [0.05, 0.1) is 0 Å². The van der Waals surface area contributed by atoms with Crippen molar-refractivity contribution in [2.45, 2.75) is 31.7 Å². The maximum atomic E-state index is 13.2. The average Bonchev–Trinajstić information content (AvgIpc) is 2.37. The molecule has 98 valence electrons. The maximum Gasteiger partial charge on any atom is 0.222 e. The van der Waals surface area contributed by atoms with Crippen molar-refractivity contribution in [1.82, 2.24) is 4.90 Å². The molecule has 1 aromatic rings. The van der Waals surface area contributed by atoms with Crippen molar-refractivity contribution in [3.05, 3.63) is 35.6 Å². The second-order valence-electron chi connectivity index (χ2n) is 4.81. The first-order valence-corrected chi connectivity index (χ1v) is 6.40. The molecule has 1 aliphatic heterocycles. The van der Waals surface area contributed by atoms with Crippen LogP contribution in [0.1, 0.15) is 31.2 Å². The molecule has 1 saturated heterocycles. The van der Waals surface area contributed by atoms with E-state index in [-0.39, 0.29) is 23.7 Å². The highest BCUT2D eigenvalue weighted by Crippen LogP contribution is 2.27. The summed E-state index contributed by atoms with van der Waals surface area (Å²) in [6.45, 7) is 3.13. The summed E-state index contributed by atoms with van der Waals surface area (Å²) in [6, 6.07) is 6.48. The van der Waals surface area contributed by atoms with E-state index in [9.17, 15) is 9.18 Å². The Morgan fingerprint density at radius 1 is 1.56 bits per heavy atom. The number of nitrogens with zero attached hydrogens (tertiary/aromatic N) is 1. The molecule has 1 fully saturated rings. The third-order valence-corrected chi connectivity index (χ3v) is 3.59. The van der Waals surface area contributed by atoms with Crippen LogP contribution in [0.5, 0.6) is 0 Å². The highest BCUT2D eigenvalue weighted by atomic mass is 19.1. The van der Waals surface area contributed by atoms with Gasteiger partial charge in [-0.25, -0.2) is 4.39 Å².